The highest BCUT2D eigenvalue weighted by Crippen LogP contribution is 2.27. The Morgan fingerprint density at radius 2 is 2.11 bits per heavy atom. The smallest absolute Gasteiger partial charge is 0.110 e. The van der Waals surface area contributed by atoms with Gasteiger partial charge in [0.15, 0.2) is 0 Å². The molecule has 2 rings (SSSR count). The van der Waals surface area contributed by atoms with E-state index >= 15 is 0 Å². The van der Waals surface area contributed by atoms with E-state index < -0.39 is 0 Å². The zero-order valence-electron chi connectivity index (χ0n) is 11.8. The van der Waals surface area contributed by atoms with Gasteiger partial charge in [0.2, 0.25) is 0 Å². The highest BCUT2D eigenvalue weighted by atomic mass is 16.3. The molecular formula is C15H21N3O. The first-order valence-corrected chi connectivity index (χ1v) is 6.74. The fourth-order valence-electron chi connectivity index (χ4n) is 2.59. The summed E-state index contributed by atoms with van der Waals surface area (Å²) >= 11 is 0. The lowest BCUT2D eigenvalue weighted by atomic mass is 10.1. The fourth-order valence-corrected chi connectivity index (χ4v) is 2.59. The summed E-state index contributed by atoms with van der Waals surface area (Å²) < 4.78 is 2.27. The predicted octanol–water partition coefficient (Wildman–Crippen LogP) is 3.94. The van der Waals surface area contributed by atoms with Crippen molar-refractivity contribution >= 4 is 16.6 Å². The molecule has 0 N–H and O–H groups in total. The SMILES string of the molecule is CCCC(CN(C)C)n1ccc2ccc(N=O)cc21. The van der Waals surface area contributed by atoms with Gasteiger partial charge < -0.3 is 9.47 Å². The molecule has 0 aliphatic carbocycles. The third kappa shape index (κ3) is 3.01. The van der Waals surface area contributed by atoms with Crippen LogP contribution in [0, 0.1) is 4.91 Å². The second kappa shape index (κ2) is 5.97. The Kier molecular flexibility index (Phi) is 4.32. The summed E-state index contributed by atoms with van der Waals surface area (Å²) in [6.45, 7) is 3.20. The van der Waals surface area contributed by atoms with Gasteiger partial charge in [0.25, 0.3) is 0 Å². The van der Waals surface area contributed by atoms with E-state index in [0.29, 0.717) is 11.7 Å². The topological polar surface area (TPSA) is 37.6 Å². The van der Waals surface area contributed by atoms with E-state index in [2.05, 4.69) is 47.9 Å². The Morgan fingerprint density at radius 3 is 2.74 bits per heavy atom. The van der Waals surface area contributed by atoms with Crippen LogP contribution in [0.1, 0.15) is 25.8 Å². The van der Waals surface area contributed by atoms with E-state index in [1.165, 1.54) is 0 Å². The molecule has 0 spiro atoms. The Morgan fingerprint density at radius 1 is 1.32 bits per heavy atom. The van der Waals surface area contributed by atoms with Gasteiger partial charge in [-0.15, -0.1) is 4.91 Å². The molecule has 0 bridgehead atoms. The lowest BCUT2D eigenvalue weighted by Gasteiger charge is -2.23. The van der Waals surface area contributed by atoms with Gasteiger partial charge in [-0.05, 0) is 49.3 Å². The minimum absolute atomic E-state index is 0.430. The molecule has 4 nitrogen and oxygen atoms in total. The zero-order valence-corrected chi connectivity index (χ0v) is 11.8. The molecule has 1 aromatic heterocycles. The van der Waals surface area contributed by atoms with Crippen LogP contribution in [0.4, 0.5) is 5.69 Å². The molecule has 1 heterocycles. The Hall–Kier alpha value is -1.68. The van der Waals surface area contributed by atoms with E-state index in [9.17, 15) is 4.91 Å². The molecule has 2 aromatic rings. The summed E-state index contributed by atoms with van der Waals surface area (Å²) in [5, 5.41) is 4.19. The largest absolute Gasteiger partial charge is 0.343 e. The maximum absolute atomic E-state index is 10.7. The number of rotatable bonds is 6. The first-order chi connectivity index (χ1) is 9.15. The number of hydrogen-bond acceptors (Lipinski definition) is 3. The number of hydrogen-bond donors (Lipinski definition) is 0. The minimum Gasteiger partial charge on any atom is -0.343 e. The average molecular weight is 259 g/mol. The summed E-state index contributed by atoms with van der Waals surface area (Å²) in [6.07, 6.45) is 4.38. The number of nitroso groups, excluding NO2 is 1. The van der Waals surface area contributed by atoms with Crippen LogP contribution in [-0.2, 0) is 0 Å². The summed E-state index contributed by atoms with van der Waals surface area (Å²) in [5.41, 5.74) is 1.59. The number of likely N-dealkylation sites (N-methyl/N-ethyl adjacent to an activating group) is 1. The molecule has 102 valence electrons. The molecule has 0 aliphatic heterocycles. The second-order valence-electron chi connectivity index (χ2n) is 5.26. The van der Waals surface area contributed by atoms with Crippen LogP contribution in [0.5, 0.6) is 0 Å². The van der Waals surface area contributed by atoms with Gasteiger partial charge in [0, 0.05) is 18.8 Å². The van der Waals surface area contributed by atoms with E-state index in [-0.39, 0.29) is 0 Å². The molecule has 0 saturated carbocycles. The molecule has 4 heteroatoms. The van der Waals surface area contributed by atoms with Crippen molar-refractivity contribution in [1.29, 1.82) is 0 Å². The van der Waals surface area contributed by atoms with Crippen LogP contribution >= 0.6 is 0 Å². The monoisotopic (exact) mass is 259 g/mol. The maximum Gasteiger partial charge on any atom is 0.110 e. The van der Waals surface area contributed by atoms with Crippen LogP contribution in [0.15, 0.2) is 35.6 Å². The fraction of sp³-hybridized carbons (Fsp3) is 0.467. The van der Waals surface area contributed by atoms with Gasteiger partial charge in [0.05, 0.1) is 5.52 Å². The third-order valence-electron chi connectivity index (χ3n) is 3.40. The number of aromatic nitrogens is 1. The van der Waals surface area contributed by atoms with Gasteiger partial charge >= 0.3 is 0 Å². The van der Waals surface area contributed by atoms with Crippen molar-refractivity contribution in [2.24, 2.45) is 5.18 Å². The predicted molar refractivity (Wildman–Crippen MR) is 79.9 cm³/mol. The zero-order chi connectivity index (χ0) is 13.8. The minimum atomic E-state index is 0.430. The van der Waals surface area contributed by atoms with Gasteiger partial charge in [-0.25, -0.2) is 0 Å². The van der Waals surface area contributed by atoms with Gasteiger partial charge in [-0.2, -0.15) is 0 Å². The lowest BCUT2D eigenvalue weighted by Crippen LogP contribution is -2.24. The second-order valence-corrected chi connectivity index (χ2v) is 5.26. The van der Waals surface area contributed by atoms with Crippen molar-refractivity contribution in [2.45, 2.75) is 25.8 Å². The van der Waals surface area contributed by atoms with Crippen molar-refractivity contribution < 1.29 is 0 Å². The third-order valence-corrected chi connectivity index (χ3v) is 3.40. The van der Waals surface area contributed by atoms with E-state index in [1.54, 1.807) is 6.07 Å². The summed E-state index contributed by atoms with van der Waals surface area (Å²) in [5.74, 6) is 0. The quantitative estimate of drug-likeness (QED) is 0.737. The molecule has 0 saturated heterocycles. The van der Waals surface area contributed by atoms with Crippen molar-refractivity contribution in [2.75, 3.05) is 20.6 Å². The molecule has 0 aliphatic rings. The van der Waals surface area contributed by atoms with Crippen molar-refractivity contribution in [3.63, 3.8) is 0 Å². The normalized spacial score (nSPS) is 13.1. The van der Waals surface area contributed by atoms with Crippen LogP contribution in [0.2, 0.25) is 0 Å². The van der Waals surface area contributed by atoms with Crippen LogP contribution in [0.25, 0.3) is 10.9 Å². The van der Waals surface area contributed by atoms with E-state index in [0.717, 1.165) is 30.3 Å². The lowest BCUT2D eigenvalue weighted by molar-refractivity contribution is 0.313. The number of benzene rings is 1. The Labute approximate surface area is 114 Å². The van der Waals surface area contributed by atoms with Crippen molar-refractivity contribution in [3.05, 3.63) is 35.4 Å². The van der Waals surface area contributed by atoms with Gasteiger partial charge in [-0.3, -0.25) is 0 Å². The molecule has 1 atom stereocenters. The molecule has 0 radical (unpaired) electrons. The highest BCUT2D eigenvalue weighted by molar-refractivity contribution is 5.83. The molecule has 19 heavy (non-hydrogen) atoms. The molecular weight excluding hydrogens is 238 g/mol. The van der Waals surface area contributed by atoms with Crippen molar-refractivity contribution in [1.82, 2.24) is 9.47 Å². The molecule has 0 fully saturated rings. The first-order valence-electron chi connectivity index (χ1n) is 6.74. The highest BCUT2D eigenvalue weighted by Gasteiger charge is 2.13. The number of nitrogens with zero attached hydrogens (tertiary/aromatic N) is 3. The Bertz CT molecular complexity index is 560. The number of fused-ring (bicyclic) bond motifs is 1. The van der Waals surface area contributed by atoms with Gasteiger partial charge in [-0.1, -0.05) is 19.4 Å². The maximum atomic E-state index is 10.7. The van der Waals surface area contributed by atoms with E-state index in [4.69, 9.17) is 0 Å². The van der Waals surface area contributed by atoms with Gasteiger partial charge in [0.1, 0.15) is 5.69 Å². The standard InChI is InChI=1S/C15H21N3O/c1-4-5-14(11-17(2)3)18-9-8-12-6-7-13(16-19)10-15(12)18/h6-10,14H,4-5,11H2,1-3H3. The first kappa shape index (κ1) is 13.7. The molecule has 1 unspecified atom stereocenters. The Balaban J connectivity index is 2.43. The molecule has 0 amide bonds. The van der Waals surface area contributed by atoms with Crippen LogP contribution < -0.4 is 0 Å². The summed E-state index contributed by atoms with van der Waals surface area (Å²) in [7, 11) is 4.18. The van der Waals surface area contributed by atoms with Crippen LogP contribution in [0.3, 0.4) is 0 Å². The van der Waals surface area contributed by atoms with E-state index in [1.807, 2.05) is 12.1 Å². The van der Waals surface area contributed by atoms with Crippen LogP contribution in [-0.4, -0.2) is 30.1 Å². The summed E-state index contributed by atoms with van der Waals surface area (Å²) in [4.78, 5) is 12.9. The molecule has 1 aromatic carbocycles. The average Bonchev–Trinajstić information content (AvgIpc) is 2.80. The van der Waals surface area contributed by atoms with Crippen molar-refractivity contribution in [3.8, 4) is 0 Å². The summed E-state index contributed by atoms with van der Waals surface area (Å²) in [6, 6.07) is 8.13.